The zero-order chi connectivity index (χ0) is 15.4. The molecule has 0 aliphatic rings. The summed E-state index contributed by atoms with van der Waals surface area (Å²) in [7, 11) is 0. The van der Waals surface area contributed by atoms with Crippen LogP contribution in [0.3, 0.4) is 0 Å². The summed E-state index contributed by atoms with van der Waals surface area (Å²) in [5.74, 6) is -0.640. The Bertz CT molecular complexity index is 607. The summed E-state index contributed by atoms with van der Waals surface area (Å²) in [6.45, 7) is 2.23. The van der Waals surface area contributed by atoms with Crippen LogP contribution in [0.1, 0.15) is 30.3 Å². The number of halogens is 3. The highest BCUT2D eigenvalue weighted by molar-refractivity contribution is 9.10. The average molecular weight is 374 g/mol. The smallest absolute Gasteiger partial charge is 0.148 e. The molecule has 0 radical (unpaired) electrons. The second-order valence-corrected chi connectivity index (χ2v) is 5.73. The molecule has 2 rings (SSSR count). The van der Waals surface area contributed by atoms with Gasteiger partial charge in [0.25, 0.3) is 0 Å². The molecule has 0 saturated carbocycles. The summed E-state index contributed by atoms with van der Waals surface area (Å²) in [4.78, 5) is 0. The second-order valence-electron chi connectivity index (χ2n) is 4.50. The minimum absolute atomic E-state index is 0.0464. The van der Waals surface area contributed by atoms with Gasteiger partial charge >= 0.3 is 0 Å². The fourth-order valence-corrected chi connectivity index (χ4v) is 2.60. The Morgan fingerprint density at radius 2 is 1.90 bits per heavy atom. The third kappa shape index (κ3) is 3.64. The second kappa shape index (κ2) is 7.36. The Hall–Kier alpha value is -0.940. The summed E-state index contributed by atoms with van der Waals surface area (Å²) >= 11 is 9.04. The van der Waals surface area contributed by atoms with E-state index in [1.165, 1.54) is 6.07 Å². The number of ether oxygens (including phenoxy) is 1. The Morgan fingerprint density at radius 1 is 1.24 bits per heavy atom. The standard InChI is InChI=1S/C16H15BrClFO2/c1-2-21-16(10-6-4-3-5-7-10)15(20)11-8-9-12(17)13(18)14(11)19/h3-9,15-16,20H,2H2,1H3. The van der Waals surface area contributed by atoms with Gasteiger partial charge in [-0.15, -0.1) is 0 Å². The van der Waals surface area contributed by atoms with Crippen LogP contribution >= 0.6 is 27.5 Å². The van der Waals surface area contributed by atoms with Crippen LogP contribution in [0.15, 0.2) is 46.9 Å². The number of rotatable bonds is 5. The zero-order valence-corrected chi connectivity index (χ0v) is 13.7. The Labute approximate surface area is 136 Å². The first kappa shape index (κ1) is 16.4. The van der Waals surface area contributed by atoms with Crippen LogP contribution in [0.4, 0.5) is 4.39 Å². The van der Waals surface area contributed by atoms with E-state index < -0.39 is 18.0 Å². The molecule has 0 aromatic heterocycles. The van der Waals surface area contributed by atoms with Crippen LogP contribution in [0, 0.1) is 5.82 Å². The molecule has 0 amide bonds. The van der Waals surface area contributed by atoms with Gasteiger partial charge in [0.2, 0.25) is 0 Å². The molecule has 0 bridgehead atoms. The predicted molar refractivity (Wildman–Crippen MR) is 84.9 cm³/mol. The molecule has 5 heteroatoms. The molecule has 0 heterocycles. The van der Waals surface area contributed by atoms with Gasteiger partial charge in [-0.1, -0.05) is 48.0 Å². The lowest BCUT2D eigenvalue weighted by atomic mass is 9.97. The van der Waals surface area contributed by atoms with Crippen LogP contribution in [-0.2, 0) is 4.74 Å². The van der Waals surface area contributed by atoms with Crippen molar-refractivity contribution in [3.8, 4) is 0 Å². The lowest BCUT2D eigenvalue weighted by Crippen LogP contribution is -2.16. The maximum Gasteiger partial charge on any atom is 0.148 e. The summed E-state index contributed by atoms with van der Waals surface area (Å²) in [5, 5.41) is 10.5. The monoisotopic (exact) mass is 372 g/mol. The first-order chi connectivity index (χ1) is 10.1. The third-order valence-corrected chi connectivity index (χ3v) is 4.40. The van der Waals surface area contributed by atoms with E-state index in [0.717, 1.165) is 5.56 Å². The van der Waals surface area contributed by atoms with Crippen LogP contribution in [0.5, 0.6) is 0 Å². The van der Waals surface area contributed by atoms with Crippen LogP contribution in [0.2, 0.25) is 5.02 Å². The lowest BCUT2D eigenvalue weighted by Gasteiger charge is -2.24. The van der Waals surface area contributed by atoms with Crippen molar-refractivity contribution in [3.05, 3.63) is 68.9 Å². The normalized spacial score (nSPS) is 14.0. The van der Waals surface area contributed by atoms with Gasteiger partial charge in [0.05, 0.1) is 5.02 Å². The molecule has 2 atom stereocenters. The Morgan fingerprint density at radius 3 is 2.52 bits per heavy atom. The third-order valence-electron chi connectivity index (χ3n) is 3.14. The van der Waals surface area contributed by atoms with Gasteiger partial charge in [-0.25, -0.2) is 4.39 Å². The Kier molecular flexibility index (Phi) is 5.76. The number of hydrogen-bond acceptors (Lipinski definition) is 2. The number of benzene rings is 2. The van der Waals surface area contributed by atoms with Gasteiger partial charge in [-0.05, 0) is 34.5 Å². The molecular formula is C16H15BrClFO2. The van der Waals surface area contributed by atoms with E-state index in [-0.39, 0.29) is 10.6 Å². The lowest BCUT2D eigenvalue weighted by molar-refractivity contribution is -0.0375. The highest BCUT2D eigenvalue weighted by Crippen LogP contribution is 2.37. The molecule has 21 heavy (non-hydrogen) atoms. The molecule has 0 fully saturated rings. The molecule has 0 saturated heterocycles. The summed E-state index contributed by atoms with van der Waals surface area (Å²) in [5.41, 5.74) is 0.899. The number of aliphatic hydroxyl groups excluding tert-OH is 1. The Balaban J connectivity index is 2.40. The first-order valence-corrected chi connectivity index (χ1v) is 7.71. The van der Waals surface area contributed by atoms with Crippen LogP contribution in [-0.4, -0.2) is 11.7 Å². The van der Waals surface area contributed by atoms with E-state index >= 15 is 0 Å². The van der Waals surface area contributed by atoms with Gasteiger partial charge in [-0.3, -0.25) is 0 Å². The van der Waals surface area contributed by atoms with Crippen molar-refractivity contribution in [1.82, 2.24) is 0 Å². The molecule has 1 N–H and O–H groups in total. The molecule has 112 valence electrons. The molecule has 2 unspecified atom stereocenters. The molecule has 0 spiro atoms. The highest BCUT2D eigenvalue weighted by atomic mass is 79.9. The van der Waals surface area contributed by atoms with Gasteiger partial charge < -0.3 is 9.84 Å². The molecule has 2 aromatic rings. The van der Waals surface area contributed by atoms with E-state index in [2.05, 4.69) is 15.9 Å². The summed E-state index contributed by atoms with van der Waals surface area (Å²) < 4.78 is 20.3. The SMILES string of the molecule is CCOC(c1ccccc1)C(O)c1ccc(Br)c(Cl)c1F. The first-order valence-electron chi connectivity index (χ1n) is 6.54. The summed E-state index contributed by atoms with van der Waals surface area (Å²) in [6.07, 6.45) is -1.79. The van der Waals surface area contributed by atoms with Crippen LogP contribution in [0.25, 0.3) is 0 Å². The van der Waals surface area contributed by atoms with Crippen molar-refractivity contribution in [2.45, 2.75) is 19.1 Å². The molecule has 0 aliphatic heterocycles. The number of aliphatic hydroxyl groups is 1. The van der Waals surface area contributed by atoms with Crippen molar-refractivity contribution in [2.24, 2.45) is 0 Å². The highest BCUT2D eigenvalue weighted by Gasteiger charge is 2.27. The largest absolute Gasteiger partial charge is 0.385 e. The van der Waals surface area contributed by atoms with Crippen molar-refractivity contribution in [2.75, 3.05) is 6.61 Å². The van der Waals surface area contributed by atoms with Crippen LogP contribution < -0.4 is 0 Å². The maximum absolute atomic E-state index is 14.3. The van der Waals surface area contributed by atoms with Crippen molar-refractivity contribution < 1.29 is 14.2 Å². The minimum atomic E-state index is -1.14. The quantitative estimate of drug-likeness (QED) is 0.743. The fourth-order valence-electron chi connectivity index (χ4n) is 2.12. The summed E-state index contributed by atoms with van der Waals surface area (Å²) in [6, 6.07) is 12.3. The van der Waals surface area contributed by atoms with Gasteiger partial charge in [0.1, 0.15) is 18.0 Å². The van der Waals surface area contributed by atoms with E-state index in [4.69, 9.17) is 16.3 Å². The molecular weight excluding hydrogens is 359 g/mol. The van der Waals surface area contributed by atoms with Crippen molar-refractivity contribution >= 4 is 27.5 Å². The molecule has 0 aliphatic carbocycles. The number of hydrogen-bond donors (Lipinski definition) is 1. The minimum Gasteiger partial charge on any atom is -0.385 e. The van der Waals surface area contributed by atoms with Crippen molar-refractivity contribution in [3.63, 3.8) is 0 Å². The maximum atomic E-state index is 14.3. The van der Waals surface area contributed by atoms with E-state index in [1.54, 1.807) is 6.07 Å². The predicted octanol–water partition coefficient (Wildman–Crippen LogP) is 5.05. The topological polar surface area (TPSA) is 29.5 Å². The van der Waals surface area contributed by atoms with E-state index in [0.29, 0.717) is 11.1 Å². The zero-order valence-electron chi connectivity index (χ0n) is 11.4. The van der Waals surface area contributed by atoms with Gasteiger partial charge in [-0.2, -0.15) is 0 Å². The molecule has 2 nitrogen and oxygen atoms in total. The van der Waals surface area contributed by atoms with E-state index in [9.17, 15) is 9.50 Å². The van der Waals surface area contributed by atoms with E-state index in [1.807, 2.05) is 37.3 Å². The van der Waals surface area contributed by atoms with Gasteiger partial charge in [0, 0.05) is 16.6 Å². The fraction of sp³-hybridized carbons (Fsp3) is 0.250. The van der Waals surface area contributed by atoms with Crippen molar-refractivity contribution in [1.29, 1.82) is 0 Å². The van der Waals surface area contributed by atoms with Gasteiger partial charge in [0.15, 0.2) is 0 Å². The molecule has 2 aromatic carbocycles. The average Bonchev–Trinajstić information content (AvgIpc) is 2.51.